The average Bonchev–Trinajstić information content (AvgIpc) is 2.30. The van der Waals surface area contributed by atoms with Crippen LogP contribution in [0.2, 0.25) is 0 Å². The van der Waals surface area contributed by atoms with Gasteiger partial charge in [-0.15, -0.1) is 0 Å². The molecule has 2 rings (SSSR count). The number of rotatable bonds is 2. The van der Waals surface area contributed by atoms with Crippen LogP contribution in [0.4, 0.5) is 0 Å². The Bertz CT molecular complexity index is 306. The molecule has 0 atom stereocenters. The van der Waals surface area contributed by atoms with Gasteiger partial charge < -0.3 is 0 Å². The molecule has 1 aromatic rings. The van der Waals surface area contributed by atoms with E-state index in [1.54, 1.807) is 0 Å². The Balaban J connectivity index is 2.07. The fraction of sp³-hybridized carbons (Fsp3) is 0.364. The van der Waals surface area contributed by atoms with E-state index in [0.29, 0.717) is 0 Å². The predicted molar refractivity (Wildman–Crippen MR) is 58.7 cm³/mol. The van der Waals surface area contributed by atoms with Crippen LogP contribution in [0, 0.1) is 0 Å². The second-order valence-corrected chi connectivity index (χ2v) is 4.08. The first kappa shape index (κ1) is 9.91. The van der Waals surface area contributed by atoms with Crippen LogP contribution in [0.3, 0.4) is 0 Å². The molecule has 14 heavy (non-hydrogen) atoms. The molecule has 0 unspecified atom stereocenters. The molecule has 0 bridgehead atoms. The van der Waals surface area contributed by atoms with Crippen LogP contribution in [-0.4, -0.2) is 51.3 Å². The fourth-order valence-electron chi connectivity index (χ4n) is 1.53. The van der Waals surface area contributed by atoms with Gasteiger partial charge in [-0.2, -0.15) is 0 Å². The van der Waals surface area contributed by atoms with Crippen molar-refractivity contribution in [3.8, 4) is 0 Å². The summed E-state index contributed by atoms with van der Waals surface area (Å²) in [5, 5.41) is 0. The van der Waals surface area contributed by atoms with E-state index in [2.05, 4.69) is 44.7 Å². The van der Waals surface area contributed by atoms with E-state index >= 15 is 0 Å². The molecule has 1 heterocycles. The zero-order chi connectivity index (χ0) is 9.80. The van der Waals surface area contributed by atoms with Crippen LogP contribution in [0.5, 0.6) is 0 Å². The van der Waals surface area contributed by atoms with Gasteiger partial charge in [0, 0.05) is 0 Å². The van der Waals surface area contributed by atoms with E-state index < -0.39 is 0 Å². The predicted octanol–water partition coefficient (Wildman–Crippen LogP) is 0.665. The maximum absolute atomic E-state index is 5.32. The van der Waals surface area contributed by atoms with Crippen molar-refractivity contribution in [3.63, 3.8) is 0 Å². The molecule has 0 aromatic heterocycles. The van der Waals surface area contributed by atoms with Crippen molar-refractivity contribution in [1.82, 2.24) is 4.90 Å². The van der Waals surface area contributed by atoms with E-state index in [1.165, 1.54) is 10.1 Å². The topological polar surface area (TPSA) is 12.5 Å². The SMILES string of the molecule is [Se]=C(c1ccccc1)N1CCOCC1. The van der Waals surface area contributed by atoms with Crippen LogP contribution < -0.4 is 0 Å². The second kappa shape index (κ2) is 4.74. The van der Waals surface area contributed by atoms with E-state index in [0.717, 1.165) is 26.3 Å². The molecule has 0 N–H and O–H groups in total. The average molecular weight is 254 g/mol. The van der Waals surface area contributed by atoms with E-state index in [-0.39, 0.29) is 0 Å². The van der Waals surface area contributed by atoms with Gasteiger partial charge >= 0.3 is 92.0 Å². The zero-order valence-corrected chi connectivity index (χ0v) is 9.69. The second-order valence-electron chi connectivity index (χ2n) is 3.27. The maximum atomic E-state index is 5.32. The van der Waals surface area contributed by atoms with E-state index in [1.807, 2.05) is 6.07 Å². The molecule has 1 aliphatic heterocycles. The Morgan fingerprint density at radius 1 is 1.14 bits per heavy atom. The molecular weight excluding hydrogens is 241 g/mol. The van der Waals surface area contributed by atoms with Gasteiger partial charge in [0.05, 0.1) is 0 Å². The van der Waals surface area contributed by atoms with Crippen molar-refractivity contribution in [1.29, 1.82) is 0 Å². The third-order valence-electron chi connectivity index (χ3n) is 2.32. The molecule has 0 amide bonds. The number of benzene rings is 1. The molecule has 0 spiro atoms. The molecule has 3 heteroatoms. The summed E-state index contributed by atoms with van der Waals surface area (Å²) in [6, 6.07) is 10.4. The Hall–Kier alpha value is -0.631. The van der Waals surface area contributed by atoms with Crippen LogP contribution >= 0.6 is 0 Å². The number of morpholine rings is 1. The van der Waals surface area contributed by atoms with Crippen molar-refractivity contribution in [3.05, 3.63) is 35.9 Å². The molecular formula is C11H13NOSe. The molecule has 1 fully saturated rings. The summed E-state index contributed by atoms with van der Waals surface area (Å²) in [5.41, 5.74) is 1.26. The molecule has 0 aliphatic carbocycles. The van der Waals surface area contributed by atoms with Gasteiger partial charge in [0.25, 0.3) is 0 Å². The summed E-state index contributed by atoms with van der Waals surface area (Å²) in [6.07, 6.45) is 0. The normalized spacial score (nSPS) is 16.7. The monoisotopic (exact) mass is 255 g/mol. The Morgan fingerprint density at radius 3 is 2.43 bits per heavy atom. The van der Waals surface area contributed by atoms with Crippen molar-refractivity contribution in [2.75, 3.05) is 26.3 Å². The summed E-state index contributed by atoms with van der Waals surface area (Å²) < 4.78 is 6.55. The summed E-state index contributed by atoms with van der Waals surface area (Å²) in [7, 11) is 0. The minimum atomic E-state index is 0.831. The number of nitrogens with zero attached hydrogens (tertiary/aromatic N) is 1. The molecule has 1 aromatic carbocycles. The fourth-order valence-corrected chi connectivity index (χ4v) is 2.20. The number of hydrogen-bond acceptors (Lipinski definition) is 2. The molecule has 1 aliphatic rings. The first-order valence-electron chi connectivity index (χ1n) is 4.80. The van der Waals surface area contributed by atoms with E-state index in [9.17, 15) is 0 Å². The molecule has 0 radical (unpaired) electrons. The quantitative estimate of drug-likeness (QED) is 0.719. The minimum absolute atomic E-state index is 0.831. The summed E-state index contributed by atoms with van der Waals surface area (Å²) in [6.45, 7) is 3.63. The molecule has 0 saturated carbocycles. The van der Waals surface area contributed by atoms with Crippen molar-refractivity contribution < 1.29 is 4.74 Å². The van der Waals surface area contributed by atoms with Crippen LogP contribution in [-0.2, 0) is 4.74 Å². The molecule has 1 saturated heterocycles. The summed E-state index contributed by atoms with van der Waals surface area (Å²) >= 11 is 3.15. The first-order chi connectivity index (χ1) is 6.88. The molecule has 2 nitrogen and oxygen atoms in total. The van der Waals surface area contributed by atoms with Crippen molar-refractivity contribution in [2.24, 2.45) is 0 Å². The molecule has 74 valence electrons. The van der Waals surface area contributed by atoms with Crippen molar-refractivity contribution >= 4 is 20.1 Å². The van der Waals surface area contributed by atoms with E-state index in [4.69, 9.17) is 4.74 Å². The Kier molecular flexibility index (Phi) is 3.35. The zero-order valence-electron chi connectivity index (χ0n) is 7.98. The summed E-state index contributed by atoms with van der Waals surface area (Å²) in [5.74, 6) is 0. The van der Waals surface area contributed by atoms with Gasteiger partial charge in [-0.05, 0) is 0 Å². The standard InChI is InChI=1S/C11H13NOSe/c14-11(10-4-2-1-3-5-10)12-6-8-13-9-7-12/h1-5H,6-9H2. The number of ether oxygens (including phenoxy) is 1. The third kappa shape index (κ3) is 2.24. The third-order valence-corrected chi connectivity index (χ3v) is 3.36. The van der Waals surface area contributed by atoms with Gasteiger partial charge in [-0.25, -0.2) is 0 Å². The Morgan fingerprint density at radius 2 is 1.79 bits per heavy atom. The van der Waals surface area contributed by atoms with Crippen LogP contribution in [0.25, 0.3) is 0 Å². The van der Waals surface area contributed by atoms with Crippen LogP contribution in [0.15, 0.2) is 30.3 Å². The van der Waals surface area contributed by atoms with Gasteiger partial charge in [0.1, 0.15) is 0 Å². The first-order valence-corrected chi connectivity index (χ1v) is 5.65. The van der Waals surface area contributed by atoms with Gasteiger partial charge in [-0.1, -0.05) is 0 Å². The summed E-state index contributed by atoms with van der Waals surface area (Å²) in [4.78, 5) is 2.33. The van der Waals surface area contributed by atoms with Gasteiger partial charge in [0.15, 0.2) is 0 Å². The number of hydrogen-bond donors (Lipinski definition) is 0. The van der Waals surface area contributed by atoms with Gasteiger partial charge in [0.2, 0.25) is 0 Å². The Labute approximate surface area is 92.2 Å². The van der Waals surface area contributed by atoms with Crippen LogP contribution in [0.1, 0.15) is 5.56 Å². The van der Waals surface area contributed by atoms with Gasteiger partial charge in [-0.3, -0.25) is 0 Å². The van der Waals surface area contributed by atoms with Crippen molar-refractivity contribution in [2.45, 2.75) is 0 Å².